The van der Waals surface area contributed by atoms with Gasteiger partial charge in [-0.15, -0.1) is 0 Å². The SMILES string of the molecule is COC(=O)[C@@]12C(=O)CCC(C)(C)[C@@H]1C=C2N(Cc1ccccc1)S(=O)(=O)c1ccc(C)cc1. The molecule has 2 aliphatic rings. The van der Waals surface area contributed by atoms with E-state index < -0.39 is 27.3 Å². The molecule has 0 unspecified atom stereocenters. The molecule has 0 saturated heterocycles. The lowest BCUT2D eigenvalue weighted by Crippen LogP contribution is -2.63. The third-order valence-electron chi connectivity index (χ3n) is 7.03. The molecule has 6 nitrogen and oxygen atoms in total. The van der Waals surface area contributed by atoms with Gasteiger partial charge < -0.3 is 4.74 Å². The zero-order valence-electron chi connectivity index (χ0n) is 19.4. The Hall–Kier alpha value is -2.93. The Balaban J connectivity index is 1.91. The summed E-state index contributed by atoms with van der Waals surface area (Å²) in [6.45, 7) is 5.89. The maximum Gasteiger partial charge on any atom is 0.326 e. The van der Waals surface area contributed by atoms with Crippen molar-refractivity contribution in [2.45, 2.75) is 45.1 Å². The van der Waals surface area contributed by atoms with Gasteiger partial charge in [0.05, 0.1) is 24.2 Å². The lowest BCUT2D eigenvalue weighted by Gasteiger charge is -2.56. The Kier molecular flexibility index (Phi) is 5.73. The first-order chi connectivity index (χ1) is 15.5. The molecule has 4 rings (SSSR count). The van der Waals surface area contributed by atoms with Gasteiger partial charge in [0.1, 0.15) is 0 Å². The second-order valence-electron chi connectivity index (χ2n) is 9.55. The number of carbonyl (C=O) groups excluding carboxylic acids is 2. The number of nitrogens with zero attached hydrogens (tertiary/aromatic N) is 1. The molecule has 2 atom stereocenters. The number of allylic oxidation sites excluding steroid dienone is 1. The Morgan fingerprint density at radius 2 is 1.73 bits per heavy atom. The number of fused-ring (bicyclic) bond motifs is 1. The molecule has 174 valence electrons. The van der Waals surface area contributed by atoms with Crippen molar-refractivity contribution in [2.24, 2.45) is 16.7 Å². The highest BCUT2D eigenvalue weighted by atomic mass is 32.2. The lowest BCUT2D eigenvalue weighted by molar-refractivity contribution is -0.168. The molecule has 0 amide bonds. The van der Waals surface area contributed by atoms with E-state index in [2.05, 4.69) is 0 Å². The third kappa shape index (κ3) is 3.59. The van der Waals surface area contributed by atoms with Crippen LogP contribution in [0, 0.1) is 23.7 Å². The summed E-state index contributed by atoms with van der Waals surface area (Å²) in [6, 6.07) is 15.7. The Labute approximate surface area is 195 Å². The Morgan fingerprint density at radius 3 is 2.33 bits per heavy atom. The van der Waals surface area contributed by atoms with Crippen molar-refractivity contribution in [2.75, 3.05) is 7.11 Å². The molecule has 0 radical (unpaired) electrons. The van der Waals surface area contributed by atoms with Gasteiger partial charge in [0.2, 0.25) is 0 Å². The number of ketones is 1. The number of ether oxygens (including phenoxy) is 1. The zero-order chi connectivity index (χ0) is 24.0. The van der Waals surface area contributed by atoms with Gasteiger partial charge >= 0.3 is 5.97 Å². The van der Waals surface area contributed by atoms with Crippen LogP contribution < -0.4 is 0 Å². The minimum atomic E-state index is -4.06. The molecule has 0 heterocycles. The molecule has 1 saturated carbocycles. The Morgan fingerprint density at radius 1 is 1.09 bits per heavy atom. The van der Waals surface area contributed by atoms with Gasteiger partial charge in [0.25, 0.3) is 10.0 Å². The minimum Gasteiger partial charge on any atom is -0.468 e. The van der Waals surface area contributed by atoms with Crippen molar-refractivity contribution in [3.63, 3.8) is 0 Å². The number of hydrogen-bond donors (Lipinski definition) is 0. The molecule has 1 fully saturated rings. The van der Waals surface area contributed by atoms with E-state index in [9.17, 15) is 18.0 Å². The first-order valence-electron chi connectivity index (χ1n) is 11.0. The number of aryl methyl sites for hydroxylation is 1. The highest BCUT2D eigenvalue weighted by molar-refractivity contribution is 7.89. The van der Waals surface area contributed by atoms with Crippen molar-refractivity contribution >= 4 is 21.8 Å². The van der Waals surface area contributed by atoms with E-state index in [-0.39, 0.29) is 34.8 Å². The predicted octanol–water partition coefficient (Wildman–Crippen LogP) is 4.25. The van der Waals surface area contributed by atoms with Gasteiger partial charge in [-0.05, 0) is 36.5 Å². The second kappa shape index (κ2) is 8.13. The van der Waals surface area contributed by atoms with E-state index in [1.165, 1.54) is 11.4 Å². The summed E-state index contributed by atoms with van der Waals surface area (Å²) in [7, 11) is -2.82. The standard InChI is InChI=1S/C26H29NO5S/c1-18-10-12-20(13-11-18)33(30,31)27(17-19-8-6-5-7-9-19)22-16-21-25(2,3)15-14-23(28)26(21,22)24(29)32-4/h5-13,16,21H,14-15,17H2,1-4H3/t21-,26-/m0/s1. The highest BCUT2D eigenvalue weighted by Crippen LogP contribution is 2.62. The summed E-state index contributed by atoms with van der Waals surface area (Å²) >= 11 is 0. The summed E-state index contributed by atoms with van der Waals surface area (Å²) in [5.74, 6) is -1.41. The van der Waals surface area contributed by atoms with Gasteiger partial charge in [-0.1, -0.05) is 68.0 Å². The molecule has 0 bridgehead atoms. The number of methoxy groups -OCH3 is 1. The molecular formula is C26H29NO5S. The fraction of sp³-hybridized carbons (Fsp3) is 0.385. The van der Waals surface area contributed by atoms with Crippen LogP contribution in [0.25, 0.3) is 0 Å². The van der Waals surface area contributed by atoms with Crippen LogP contribution in [0.5, 0.6) is 0 Å². The fourth-order valence-corrected chi connectivity index (χ4v) is 6.58. The molecule has 2 aromatic carbocycles. The van der Waals surface area contributed by atoms with E-state index in [1.807, 2.05) is 51.1 Å². The van der Waals surface area contributed by atoms with Crippen molar-refractivity contribution in [3.8, 4) is 0 Å². The van der Waals surface area contributed by atoms with Crippen molar-refractivity contribution in [3.05, 3.63) is 77.5 Å². The van der Waals surface area contributed by atoms with Crippen LogP contribution in [0.15, 0.2) is 71.3 Å². The second-order valence-corrected chi connectivity index (χ2v) is 11.4. The number of Topliss-reactive ketones (excluding diaryl/α,β-unsaturated/α-hetero) is 1. The fourth-order valence-electron chi connectivity index (χ4n) is 5.07. The van der Waals surface area contributed by atoms with Crippen LogP contribution in [0.3, 0.4) is 0 Å². The van der Waals surface area contributed by atoms with Crippen LogP contribution in [0.2, 0.25) is 0 Å². The van der Waals surface area contributed by atoms with Crippen LogP contribution in [-0.2, 0) is 30.9 Å². The number of esters is 1. The third-order valence-corrected chi connectivity index (χ3v) is 8.80. The number of benzene rings is 2. The highest BCUT2D eigenvalue weighted by Gasteiger charge is 2.68. The number of hydrogen-bond acceptors (Lipinski definition) is 5. The average Bonchev–Trinajstić information content (AvgIpc) is 2.76. The molecule has 7 heteroatoms. The molecule has 2 aromatic rings. The molecule has 0 aromatic heterocycles. The van der Waals surface area contributed by atoms with E-state index in [0.717, 1.165) is 11.1 Å². The topological polar surface area (TPSA) is 80.8 Å². The summed E-state index contributed by atoms with van der Waals surface area (Å²) in [4.78, 5) is 26.7. The Bertz CT molecular complexity index is 1210. The maximum atomic E-state index is 13.9. The largest absolute Gasteiger partial charge is 0.468 e. The van der Waals surface area contributed by atoms with Gasteiger partial charge in [0, 0.05) is 12.3 Å². The molecule has 0 N–H and O–H groups in total. The van der Waals surface area contributed by atoms with Crippen molar-refractivity contribution < 1.29 is 22.7 Å². The van der Waals surface area contributed by atoms with E-state index in [0.29, 0.717) is 6.42 Å². The van der Waals surface area contributed by atoms with Gasteiger partial charge in [0.15, 0.2) is 11.2 Å². The molecule has 33 heavy (non-hydrogen) atoms. The summed E-state index contributed by atoms with van der Waals surface area (Å²) in [5.41, 5.74) is -0.0934. The summed E-state index contributed by atoms with van der Waals surface area (Å²) in [6.07, 6.45) is 2.60. The van der Waals surface area contributed by atoms with E-state index >= 15 is 0 Å². The molecule has 0 spiro atoms. The monoisotopic (exact) mass is 467 g/mol. The molecule has 0 aliphatic heterocycles. The summed E-state index contributed by atoms with van der Waals surface area (Å²) in [5, 5.41) is 0. The van der Waals surface area contributed by atoms with E-state index in [1.54, 1.807) is 30.3 Å². The van der Waals surface area contributed by atoms with Crippen molar-refractivity contribution in [1.82, 2.24) is 4.31 Å². The van der Waals surface area contributed by atoms with Crippen molar-refractivity contribution in [1.29, 1.82) is 0 Å². The number of sulfonamides is 1. The van der Waals surface area contributed by atoms with E-state index in [4.69, 9.17) is 4.74 Å². The van der Waals surface area contributed by atoms with Gasteiger partial charge in [-0.2, -0.15) is 0 Å². The lowest BCUT2D eigenvalue weighted by atomic mass is 9.48. The molecule has 2 aliphatic carbocycles. The normalized spacial score (nSPS) is 23.7. The first kappa shape index (κ1) is 23.2. The maximum absolute atomic E-state index is 13.9. The van der Waals surface area contributed by atoms with Crippen LogP contribution in [0.4, 0.5) is 0 Å². The van der Waals surface area contributed by atoms with Crippen LogP contribution in [-0.4, -0.2) is 31.6 Å². The smallest absolute Gasteiger partial charge is 0.326 e. The average molecular weight is 468 g/mol. The molecular weight excluding hydrogens is 438 g/mol. The predicted molar refractivity (Wildman–Crippen MR) is 124 cm³/mol. The van der Waals surface area contributed by atoms with Crippen LogP contribution >= 0.6 is 0 Å². The summed E-state index contributed by atoms with van der Waals surface area (Å²) < 4.78 is 34.1. The quantitative estimate of drug-likeness (QED) is 0.469. The van der Waals surface area contributed by atoms with Gasteiger partial charge in [-0.25, -0.2) is 8.42 Å². The van der Waals surface area contributed by atoms with Gasteiger partial charge in [-0.3, -0.25) is 13.9 Å². The number of rotatable bonds is 6. The number of carbonyl (C=O) groups is 2. The zero-order valence-corrected chi connectivity index (χ0v) is 20.2. The first-order valence-corrected chi connectivity index (χ1v) is 12.5. The van der Waals surface area contributed by atoms with Crippen LogP contribution in [0.1, 0.15) is 37.8 Å². The minimum absolute atomic E-state index is 0.00204.